The van der Waals surface area contributed by atoms with Crippen molar-refractivity contribution in [1.82, 2.24) is 30.6 Å². The number of benzene rings is 2. The fourth-order valence-electron chi connectivity index (χ4n) is 5.33. The average molecular weight is 591 g/mol. The number of likely N-dealkylation sites (tertiary alicyclic amines) is 1. The number of hydrogen-bond donors (Lipinski definition) is 3. The maximum absolute atomic E-state index is 14.0. The van der Waals surface area contributed by atoms with Gasteiger partial charge in [0.05, 0.1) is 11.7 Å². The fourth-order valence-corrected chi connectivity index (χ4v) is 5.33. The summed E-state index contributed by atoms with van der Waals surface area (Å²) in [5.41, 5.74) is 2.32. The number of halogens is 1. The first-order valence-corrected chi connectivity index (χ1v) is 14.9. The van der Waals surface area contributed by atoms with Gasteiger partial charge in [0.1, 0.15) is 11.9 Å². The molecule has 2 heterocycles. The van der Waals surface area contributed by atoms with Crippen LogP contribution in [0.3, 0.4) is 0 Å². The zero-order valence-electron chi connectivity index (χ0n) is 25.7. The van der Waals surface area contributed by atoms with Crippen molar-refractivity contribution < 1.29 is 18.8 Å². The Morgan fingerprint density at radius 1 is 1.12 bits per heavy atom. The molecular formula is C33H43FN6O3. The second kappa shape index (κ2) is 13.9. The fraction of sp³-hybridized carbons (Fsp3) is 0.455. The predicted octanol–water partition coefficient (Wildman–Crippen LogP) is 4.03. The van der Waals surface area contributed by atoms with E-state index in [2.05, 4.69) is 20.8 Å². The van der Waals surface area contributed by atoms with Crippen molar-refractivity contribution in [2.45, 2.75) is 65.1 Å². The number of rotatable bonds is 11. The van der Waals surface area contributed by atoms with Crippen molar-refractivity contribution in [3.63, 3.8) is 0 Å². The van der Waals surface area contributed by atoms with E-state index in [4.69, 9.17) is 0 Å². The third-order valence-electron chi connectivity index (χ3n) is 8.07. The van der Waals surface area contributed by atoms with E-state index in [0.29, 0.717) is 26.1 Å². The van der Waals surface area contributed by atoms with E-state index >= 15 is 0 Å². The van der Waals surface area contributed by atoms with Gasteiger partial charge in [-0.05, 0) is 68.0 Å². The Bertz CT molecular complexity index is 1390. The van der Waals surface area contributed by atoms with Gasteiger partial charge in [0.25, 0.3) is 5.91 Å². The lowest BCUT2D eigenvalue weighted by atomic mass is 9.85. The van der Waals surface area contributed by atoms with Gasteiger partial charge in [-0.1, -0.05) is 63.2 Å². The largest absolute Gasteiger partial charge is 0.342 e. The van der Waals surface area contributed by atoms with Gasteiger partial charge in [-0.3, -0.25) is 19.5 Å². The van der Waals surface area contributed by atoms with Crippen LogP contribution in [0.15, 0.2) is 60.7 Å². The minimum absolute atomic E-state index is 0.149. The number of hydrogen-bond acceptors (Lipinski definition) is 5. The van der Waals surface area contributed by atoms with Crippen LogP contribution < -0.4 is 10.6 Å². The van der Waals surface area contributed by atoms with Crippen LogP contribution in [0.2, 0.25) is 0 Å². The summed E-state index contributed by atoms with van der Waals surface area (Å²) in [4.78, 5) is 44.2. The molecule has 230 valence electrons. The molecule has 9 nitrogen and oxygen atoms in total. The van der Waals surface area contributed by atoms with Crippen molar-refractivity contribution in [2.75, 3.05) is 26.7 Å². The molecule has 0 spiro atoms. The molecule has 0 unspecified atom stereocenters. The molecule has 0 bridgehead atoms. The molecule has 0 radical (unpaired) electrons. The van der Waals surface area contributed by atoms with Crippen molar-refractivity contribution in [3.8, 4) is 11.3 Å². The quantitative estimate of drug-likeness (QED) is 0.312. The van der Waals surface area contributed by atoms with Gasteiger partial charge in [0.15, 0.2) is 5.69 Å². The van der Waals surface area contributed by atoms with Gasteiger partial charge in [0.2, 0.25) is 11.8 Å². The molecule has 1 aliphatic rings. The third kappa shape index (κ3) is 8.07. The van der Waals surface area contributed by atoms with Crippen LogP contribution in [0.5, 0.6) is 0 Å². The molecule has 4 rings (SSSR count). The number of nitrogens with one attached hydrogen (secondary N) is 3. The molecule has 43 heavy (non-hydrogen) atoms. The summed E-state index contributed by atoms with van der Waals surface area (Å²) in [6, 6.07) is 16.3. The number of carbonyl (C=O) groups is 3. The number of carbonyl (C=O) groups excluding carboxylic acids is 3. The van der Waals surface area contributed by atoms with Crippen LogP contribution in [0.4, 0.5) is 4.39 Å². The van der Waals surface area contributed by atoms with E-state index in [-0.39, 0.29) is 35.3 Å². The van der Waals surface area contributed by atoms with Crippen molar-refractivity contribution in [3.05, 3.63) is 77.7 Å². The van der Waals surface area contributed by atoms with Crippen LogP contribution in [0.25, 0.3) is 11.3 Å². The second-order valence-electron chi connectivity index (χ2n) is 12.3. The highest BCUT2D eigenvalue weighted by Gasteiger charge is 2.41. The van der Waals surface area contributed by atoms with Crippen molar-refractivity contribution in [1.29, 1.82) is 0 Å². The molecule has 1 fully saturated rings. The molecule has 2 aromatic carbocycles. The smallest absolute Gasteiger partial charge is 0.274 e. The minimum Gasteiger partial charge on any atom is -0.342 e. The van der Waals surface area contributed by atoms with Crippen LogP contribution in [-0.4, -0.2) is 82.5 Å². The van der Waals surface area contributed by atoms with Gasteiger partial charge in [-0.15, -0.1) is 0 Å². The molecule has 0 aliphatic carbocycles. The predicted molar refractivity (Wildman–Crippen MR) is 165 cm³/mol. The van der Waals surface area contributed by atoms with Gasteiger partial charge < -0.3 is 20.4 Å². The Kier molecular flexibility index (Phi) is 10.3. The summed E-state index contributed by atoms with van der Waals surface area (Å²) in [7, 11) is 1.70. The monoisotopic (exact) mass is 590 g/mol. The first-order valence-electron chi connectivity index (χ1n) is 14.9. The van der Waals surface area contributed by atoms with Crippen LogP contribution >= 0.6 is 0 Å². The molecule has 10 heteroatoms. The molecule has 3 N–H and O–H groups in total. The summed E-state index contributed by atoms with van der Waals surface area (Å²) in [6.45, 7) is 8.80. The number of nitrogens with zero attached hydrogens (tertiary/aromatic N) is 3. The molecule has 0 saturated carbocycles. The first kappa shape index (κ1) is 31.9. The lowest BCUT2D eigenvalue weighted by Gasteiger charge is -2.37. The Morgan fingerprint density at radius 3 is 2.47 bits per heavy atom. The molecule has 3 aromatic rings. The summed E-state index contributed by atoms with van der Waals surface area (Å²) in [5, 5.41) is 13.2. The first-order chi connectivity index (χ1) is 20.5. The SMILES string of the molecule is CN[C@@H](C)C(=O)N[C@H](C(=O)N1CCC[C@H]1CN(CCc1ccc(F)cc1)C(=O)c1cc(-c2ccccc2)[nH]n1)C(C)(C)C. The normalized spacial score (nSPS) is 16.5. The van der Waals surface area contributed by atoms with E-state index in [9.17, 15) is 18.8 Å². The Hall–Kier alpha value is -4.05. The maximum atomic E-state index is 14.0. The number of amides is 3. The molecule has 3 atom stereocenters. The van der Waals surface area contributed by atoms with E-state index in [1.54, 1.807) is 37.1 Å². The van der Waals surface area contributed by atoms with E-state index in [0.717, 1.165) is 29.7 Å². The number of aromatic amines is 1. The van der Waals surface area contributed by atoms with Crippen LogP contribution in [-0.2, 0) is 16.0 Å². The van der Waals surface area contributed by atoms with E-state index in [1.807, 2.05) is 56.0 Å². The van der Waals surface area contributed by atoms with Gasteiger partial charge >= 0.3 is 0 Å². The van der Waals surface area contributed by atoms with E-state index in [1.165, 1.54) is 12.1 Å². The van der Waals surface area contributed by atoms with Crippen LogP contribution in [0, 0.1) is 11.2 Å². The lowest BCUT2D eigenvalue weighted by Crippen LogP contribution is -2.59. The minimum atomic E-state index is -0.723. The van der Waals surface area contributed by atoms with Gasteiger partial charge in [-0.2, -0.15) is 5.10 Å². The molecule has 3 amide bonds. The van der Waals surface area contributed by atoms with E-state index < -0.39 is 17.5 Å². The number of aromatic nitrogens is 2. The number of likely N-dealkylation sites (N-methyl/N-ethyl adjacent to an activating group) is 1. The average Bonchev–Trinajstić information content (AvgIpc) is 3.68. The standard InChI is InChI=1S/C33H43FN6O3/c1-22(35-5)30(41)36-29(33(2,3)4)32(43)40-18-9-12-26(40)21-39(19-17-23-13-15-25(34)16-14-23)31(42)28-20-27(37-38-28)24-10-7-6-8-11-24/h6-8,10-11,13-16,20,22,26,29,35H,9,12,17-19,21H2,1-5H3,(H,36,41)(H,37,38)/t22-,26-,29+/m0/s1. The molecular weight excluding hydrogens is 547 g/mol. The van der Waals surface area contributed by atoms with Crippen LogP contribution in [0.1, 0.15) is 56.6 Å². The Labute approximate surface area is 253 Å². The summed E-state index contributed by atoms with van der Waals surface area (Å²) in [6.07, 6.45) is 2.06. The summed E-state index contributed by atoms with van der Waals surface area (Å²) >= 11 is 0. The number of H-pyrrole nitrogens is 1. The molecule has 1 aliphatic heterocycles. The molecule has 1 saturated heterocycles. The highest BCUT2D eigenvalue weighted by atomic mass is 19.1. The highest BCUT2D eigenvalue weighted by Crippen LogP contribution is 2.27. The van der Waals surface area contributed by atoms with Crippen molar-refractivity contribution >= 4 is 17.7 Å². The van der Waals surface area contributed by atoms with Crippen molar-refractivity contribution in [2.24, 2.45) is 5.41 Å². The maximum Gasteiger partial charge on any atom is 0.274 e. The topological polar surface area (TPSA) is 110 Å². The summed E-state index contributed by atoms with van der Waals surface area (Å²) in [5.74, 6) is -0.950. The molecule has 1 aromatic heterocycles. The second-order valence-corrected chi connectivity index (χ2v) is 12.3. The third-order valence-corrected chi connectivity index (χ3v) is 8.07. The van der Waals surface area contributed by atoms with Gasteiger partial charge in [0, 0.05) is 25.7 Å². The summed E-state index contributed by atoms with van der Waals surface area (Å²) < 4.78 is 13.5. The zero-order valence-corrected chi connectivity index (χ0v) is 25.7. The van der Waals surface area contributed by atoms with Gasteiger partial charge in [-0.25, -0.2) is 4.39 Å². The highest BCUT2D eigenvalue weighted by molar-refractivity contribution is 5.94. The Morgan fingerprint density at radius 2 is 1.81 bits per heavy atom. The zero-order chi connectivity index (χ0) is 31.1. The Balaban J connectivity index is 1.56. The lowest BCUT2D eigenvalue weighted by molar-refractivity contribution is -0.140.